The zero-order chi connectivity index (χ0) is 14.5. The molecule has 0 aliphatic heterocycles. The molecular weight excluding hydrogens is 272 g/mol. The highest BCUT2D eigenvalue weighted by molar-refractivity contribution is 6.30. The molecule has 0 aliphatic rings. The van der Waals surface area contributed by atoms with Crippen LogP contribution >= 0.6 is 11.6 Å². The predicted molar refractivity (Wildman–Crippen MR) is 83.1 cm³/mol. The average molecular weight is 289 g/mol. The van der Waals surface area contributed by atoms with Crippen molar-refractivity contribution in [2.75, 3.05) is 5.32 Å². The summed E-state index contributed by atoms with van der Waals surface area (Å²) in [4.78, 5) is 11.2. The van der Waals surface area contributed by atoms with Crippen LogP contribution in [0.2, 0.25) is 5.02 Å². The highest BCUT2D eigenvalue weighted by Crippen LogP contribution is 2.25. The zero-order valence-corrected chi connectivity index (χ0v) is 12.0. The van der Waals surface area contributed by atoms with E-state index in [4.69, 9.17) is 17.3 Å². The standard InChI is InChI=1S/C16H17ClN2O/c1-2-15(11-5-3-7-13(17)9-11)19-14-8-4-6-12(10-14)16(18)20/h3-10,15,19H,2H2,1H3,(H2,18,20). The maximum atomic E-state index is 11.2. The molecule has 2 aromatic carbocycles. The van der Waals surface area contributed by atoms with Gasteiger partial charge in [0.1, 0.15) is 0 Å². The van der Waals surface area contributed by atoms with Crippen molar-refractivity contribution in [2.45, 2.75) is 19.4 Å². The highest BCUT2D eigenvalue weighted by Gasteiger charge is 2.10. The van der Waals surface area contributed by atoms with Gasteiger partial charge in [0.05, 0.1) is 6.04 Å². The fourth-order valence-electron chi connectivity index (χ4n) is 2.11. The molecule has 0 saturated heterocycles. The number of hydrogen-bond donors (Lipinski definition) is 2. The fraction of sp³-hybridized carbons (Fsp3) is 0.188. The molecule has 0 bridgehead atoms. The van der Waals surface area contributed by atoms with Gasteiger partial charge < -0.3 is 11.1 Å². The Hall–Kier alpha value is -2.00. The zero-order valence-electron chi connectivity index (χ0n) is 11.3. The van der Waals surface area contributed by atoms with Crippen molar-refractivity contribution in [3.8, 4) is 0 Å². The van der Waals surface area contributed by atoms with E-state index in [1.165, 1.54) is 0 Å². The topological polar surface area (TPSA) is 55.1 Å². The Morgan fingerprint density at radius 3 is 2.65 bits per heavy atom. The Bertz CT molecular complexity index is 613. The molecule has 1 amide bonds. The van der Waals surface area contributed by atoms with Crippen LogP contribution in [0.3, 0.4) is 0 Å². The van der Waals surface area contributed by atoms with Crippen molar-refractivity contribution < 1.29 is 4.79 Å². The Kier molecular flexibility index (Phi) is 4.64. The number of halogens is 1. The number of rotatable bonds is 5. The van der Waals surface area contributed by atoms with E-state index >= 15 is 0 Å². The molecular formula is C16H17ClN2O. The van der Waals surface area contributed by atoms with Gasteiger partial charge in [-0.2, -0.15) is 0 Å². The van der Waals surface area contributed by atoms with Gasteiger partial charge in [0, 0.05) is 16.3 Å². The minimum Gasteiger partial charge on any atom is -0.378 e. The van der Waals surface area contributed by atoms with Gasteiger partial charge in [-0.1, -0.05) is 36.7 Å². The predicted octanol–water partition coefficient (Wildman–Crippen LogP) is 4.00. The lowest BCUT2D eigenvalue weighted by Gasteiger charge is -2.19. The maximum absolute atomic E-state index is 11.2. The molecule has 3 nitrogen and oxygen atoms in total. The number of carbonyl (C=O) groups excluding carboxylic acids is 1. The summed E-state index contributed by atoms with van der Waals surface area (Å²) in [7, 11) is 0. The van der Waals surface area contributed by atoms with Gasteiger partial charge in [-0.3, -0.25) is 4.79 Å². The first-order valence-electron chi connectivity index (χ1n) is 6.52. The van der Waals surface area contributed by atoms with Gasteiger partial charge in [-0.25, -0.2) is 0 Å². The summed E-state index contributed by atoms with van der Waals surface area (Å²) >= 11 is 6.03. The molecule has 1 atom stereocenters. The van der Waals surface area contributed by atoms with Gasteiger partial charge in [-0.05, 0) is 42.3 Å². The number of hydrogen-bond acceptors (Lipinski definition) is 2. The molecule has 0 fully saturated rings. The number of amides is 1. The molecule has 1 unspecified atom stereocenters. The summed E-state index contributed by atoms with van der Waals surface area (Å²) in [5.41, 5.74) is 7.77. The first-order chi connectivity index (χ1) is 9.60. The molecule has 0 heterocycles. The number of nitrogens with two attached hydrogens (primary N) is 1. The first kappa shape index (κ1) is 14.4. The quantitative estimate of drug-likeness (QED) is 0.873. The van der Waals surface area contributed by atoms with E-state index < -0.39 is 5.91 Å². The van der Waals surface area contributed by atoms with Crippen molar-refractivity contribution in [1.29, 1.82) is 0 Å². The average Bonchev–Trinajstić information content (AvgIpc) is 2.45. The number of benzene rings is 2. The molecule has 2 rings (SSSR count). The molecule has 0 spiro atoms. The van der Waals surface area contributed by atoms with Gasteiger partial charge in [0.15, 0.2) is 0 Å². The van der Waals surface area contributed by atoms with Crippen LogP contribution in [0.15, 0.2) is 48.5 Å². The van der Waals surface area contributed by atoms with E-state index in [1.807, 2.05) is 36.4 Å². The van der Waals surface area contributed by atoms with Crippen LogP contribution in [0.1, 0.15) is 35.3 Å². The molecule has 2 aromatic rings. The van der Waals surface area contributed by atoms with Crippen molar-refractivity contribution in [3.63, 3.8) is 0 Å². The summed E-state index contributed by atoms with van der Waals surface area (Å²) < 4.78 is 0. The minimum absolute atomic E-state index is 0.136. The van der Waals surface area contributed by atoms with Crippen LogP contribution in [0.5, 0.6) is 0 Å². The normalized spacial score (nSPS) is 11.9. The Balaban J connectivity index is 2.22. The van der Waals surface area contributed by atoms with Gasteiger partial charge in [0.2, 0.25) is 5.91 Å². The van der Waals surface area contributed by atoms with Gasteiger partial charge in [0.25, 0.3) is 0 Å². The Morgan fingerprint density at radius 1 is 1.25 bits per heavy atom. The summed E-state index contributed by atoms with van der Waals surface area (Å²) in [6.07, 6.45) is 0.904. The van der Waals surface area contributed by atoms with Crippen LogP contribution in [0, 0.1) is 0 Å². The van der Waals surface area contributed by atoms with Crippen LogP contribution in [-0.2, 0) is 0 Å². The number of primary amides is 1. The third-order valence-corrected chi connectivity index (χ3v) is 3.38. The summed E-state index contributed by atoms with van der Waals surface area (Å²) in [6.45, 7) is 2.09. The third kappa shape index (κ3) is 3.52. The maximum Gasteiger partial charge on any atom is 0.248 e. The van der Waals surface area contributed by atoms with Crippen molar-refractivity contribution in [2.24, 2.45) is 5.73 Å². The van der Waals surface area contributed by atoms with Crippen molar-refractivity contribution in [3.05, 3.63) is 64.7 Å². The van der Waals surface area contributed by atoms with Gasteiger partial charge >= 0.3 is 0 Å². The van der Waals surface area contributed by atoms with Crippen LogP contribution in [0.25, 0.3) is 0 Å². The second kappa shape index (κ2) is 6.44. The third-order valence-electron chi connectivity index (χ3n) is 3.15. The Morgan fingerprint density at radius 2 is 2.00 bits per heavy atom. The van der Waals surface area contributed by atoms with E-state index in [0.29, 0.717) is 10.6 Å². The molecule has 0 radical (unpaired) electrons. The summed E-state index contributed by atoms with van der Waals surface area (Å²) in [6, 6.07) is 15.1. The van der Waals surface area contributed by atoms with Crippen molar-refractivity contribution in [1.82, 2.24) is 0 Å². The number of carbonyl (C=O) groups is 1. The fourth-order valence-corrected chi connectivity index (χ4v) is 2.31. The molecule has 0 aliphatic carbocycles. The minimum atomic E-state index is -0.426. The SMILES string of the molecule is CCC(Nc1cccc(C(N)=O)c1)c1cccc(Cl)c1. The molecule has 20 heavy (non-hydrogen) atoms. The second-order valence-electron chi connectivity index (χ2n) is 4.61. The van der Waals surface area contributed by atoms with Crippen molar-refractivity contribution >= 4 is 23.2 Å². The summed E-state index contributed by atoms with van der Waals surface area (Å²) in [5.74, 6) is -0.426. The second-order valence-corrected chi connectivity index (χ2v) is 5.04. The molecule has 0 aromatic heterocycles. The molecule has 104 valence electrons. The smallest absolute Gasteiger partial charge is 0.248 e. The monoisotopic (exact) mass is 288 g/mol. The Labute approximate surface area is 123 Å². The van der Waals surface area contributed by atoms with Crippen LogP contribution in [-0.4, -0.2) is 5.91 Å². The number of anilines is 1. The summed E-state index contributed by atoms with van der Waals surface area (Å²) in [5, 5.41) is 4.12. The largest absolute Gasteiger partial charge is 0.378 e. The lowest BCUT2D eigenvalue weighted by Crippen LogP contribution is -2.13. The van der Waals surface area contributed by atoms with E-state index in [9.17, 15) is 4.79 Å². The lowest BCUT2D eigenvalue weighted by atomic mass is 10.0. The van der Waals surface area contributed by atoms with E-state index in [2.05, 4.69) is 12.2 Å². The van der Waals surface area contributed by atoms with E-state index in [0.717, 1.165) is 17.7 Å². The number of nitrogens with one attached hydrogen (secondary N) is 1. The van der Waals surface area contributed by atoms with E-state index in [-0.39, 0.29) is 6.04 Å². The first-order valence-corrected chi connectivity index (χ1v) is 6.90. The molecule has 3 N–H and O–H groups in total. The van der Waals surface area contributed by atoms with Crippen LogP contribution < -0.4 is 11.1 Å². The van der Waals surface area contributed by atoms with E-state index in [1.54, 1.807) is 12.1 Å². The lowest BCUT2D eigenvalue weighted by molar-refractivity contribution is 0.100. The highest BCUT2D eigenvalue weighted by atomic mass is 35.5. The molecule has 0 saturated carbocycles. The molecule has 4 heteroatoms. The van der Waals surface area contributed by atoms with Gasteiger partial charge in [-0.15, -0.1) is 0 Å². The van der Waals surface area contributed by atoms with Crippen LogP contribution in [0.4, 0.5) is 5.69 Å².